The van der Waals surface area contributed by atoms with Gasteiger partial charge in [-0.25, -0.2) is 4.79 Å². The van der Waals surface area contributed by atoms with Crippen LogP contribution in [0.2, 0.25) is 0 Å². The molecule has 0 aromatic carbocycles. The van der Waals surface area contributed by atoms with Crippen LogP contribution in [-0.4, -0.2) is 96.2 Å². The second-order valence-electron chi connectivity index (χ2n) is 13.6. The first-order chi connectivity index (χ1) is 20.7. The highest BCUT2D eigenvalue weighted by Crippen LogP contribution is 2.17. The van der Waals surface area contributed by atoms with E-state index in [-0.39, 0.29) is 12.0 Å². The molecule has 0 aromatic heterocycles. The molecule has 0 aromatic rings. The van der Waals surface area contributed by atoms with Gasteiger partial charge in [-0.05, 0) is 52.4 Å². The molecule has 1 aliphatic rings. The normalized spacial score (nSPS) is 16.4. The number of alkyl carbamates (subject to hydrolysis) is 1. The third kappa shape index (κ3) is 13.9. The Morgan fingerprint density at radius 3 is 1.73 bits per heavy atom. The van der Waals surface area contributed by atoms with Crippen molar-refractivity contribution < 1.29 is 38.3 Å². The summed E-state index contributed by atoms with van der Waals surface area (Å²) in [5.41, 5.74) is -0.788. The number of ether oxygens (including phenoxy) is 1. The van der Waals surface area contributed by atoms with Crippen molar-refractivity contribution in [2.24, 2.45) is 11.8 Å². The molecule has 5 N–H and O–H groups in total. The zero-order valence-electron chi connectivity index (χ0n) is 28.5. The fourth-order valence-electron chi connectivity index (χ4n) is 4.66. The van der Waals surface area contributed by atoms with Crippen LogP contribution < -0.4 is 26.6 Å². The summed E-state index contributed by atoms with van der Waals surface area (Å²) < 4.78 is 5.27. The Hall–Kier alpha value is -3.71. The van der Waals surface area contributed by atoms with Crippen LogP contribution in [0.4, 0.5) is 4.79 Å². The maximum Gasteiger partial charge on any atom is 0.408 e. The zero-order valence-corrected chi connectivity index (χ0v) is 28.5. The fourth-order valence-corrected chi connectivity index (χ4v) is 4.66. The van der Waals surface area contributed by atoms with E-state index in [9.17, 15) is 33.6 Å². The summed E-state index contributed by atoms with van der Waals surface area (Å²) in [6.45, 7) is 13.2. The first kappa shape index (κ1) is 39.3. The molecule has 1 saturated carbocycles. The topological polar surface area (TPSA) is 192 Å². The summed E-state index contributed by atoms with van der Waals surface area (Å²) in [6.07, 6.45) is 3.33. The number of rotatable bonds is 14. The van der Waals surface area contributed by atoms with Gasteiger partial charge in [0.1, 0.15) is 23.7 Å². The third-order valence-electron chi connectivity index (χ3n) is 7.30. The molecule has 1 aliphatic carbocycles. The van der Waals surface area contributed by atoms with Gasteiger partial charge < -0.3 is 36.2 Å². The van der Waals surface area contributed by atoms with E-state index in [2.05, 4.69) is 26.6 Å². The number of nitrogens with zero attached hydrogens (tertiary/aromatic N) is 1. The van der Waals surface area contributed by atoms with Gasteiger partial charge >= 0.3 is 6.09 Å². The molecule has 45 heavy (non-hydrogen) atoms. The van der Waals surface area contributed by atoms with Crippen molar-refractivity contribution in [3.8, 4) is 0 Å². The number of carbonyl (C=O) groups excluding carboxylic acids is 7. The van der Waals surface area contributed by atoms with Crippen LogP contribution >= 0.6 is 0 Å². The van der Waals surface area contributed by atoms with Crippen molar-refractivity contribution in [1.82, 2.24) is 31.5 Å². The lowest BCUT2D eigenvalue weighted by Crippen LogP contribution is -2.60. The smallest absolute Gasteiger partial charge is 0.408 e. The minimum absolute atomic E-state index is 0.0966. The molecular weight excluding hydrogens is 584 g/mol. The van der Waals surface area contributed by atoms with Crippen LogP contribution in [0.1, 0.15) is 93.9 Å². The molecule has 0 saturated heterocycles. The van der Waals surface area contributed by atoms with Crippen molar-refractivity contribution in [3.63, 3.8) is 0 Å². The van der Waals surface area contributed by atoms with Gasteiger partial charge in [0, 0.05) is 20.1 Å². The predicted octanol–water partition coefficient (Wildman–Crippen LogP) is 1.16. The highest BCUT2D eigenvalue weighted by atomic mass is 16.6. The number of carbonyl (C=O) groups is 7. The molecule has 0 heterocycles. The lowest BCUT2D eigenvalue weighted by molar-refractivity contribution is -0.141. The van der Waals surface area contributed by atoms with Gasteiger partial charge in [0.25, 0.3) is 5.91 Å². The van der Waals surface area contributed by atoms with E-state index in [4.69, 9.17) is 4.74 Å². The van der Waals surface area contributed by atoms with Gasteiger partial charge in [-0.2, -0.15) is 0 Å². The van der Waals surface area contributed by atoms with Gasteiger partial charge in [0.15, 0.2) is 0 Å². The number of hydrogen-bond acceptors (Lipinski definition) is 8. The van der Waals surface area contributed by atoms with Crippen LogP contribution in [0, 0.1) is 11.8 Å². The molecule has 4 atom stereocenters. The van der Waals surface area contributed by atoms with Crippen LogP contribution in [-0.2, 0) is 33.5 Å². The summed E-state index contributed by atoms with van der Waals surface area (Å²) in [4.78, 5) is 91.5. The molecule has 1 unspecified atom stereocenters. The fraction of sp³-hybridized carbons (Fsp3) is 0.774. The number of hydrogen-bond donors (Lipinski definition) is 5. The van der Waals surface area contributed by atoms with Gasteiger partial charge in [0.05, 0.1) is 12.5 Å². The number of Topliss-reactive ketones (excluding diaryl/α,β-unsaturated/α-hetero) is 1. The molecular formula is C31H54N6O8. The lowest BCUT2D eigenvalue weighted by atomic mass is 9.95. The van der Waals surface area contributed by atoms with E-state index in [1.807, 2.05) is 0 Å². The second-order valence-corrected chi connectivity index (χ2v) is 13.6. The van der Waals surface area contributed by atoms with E-state index in [1.165, 1.54) is 25.9 Å². The van der Waals surface area contributed by atoms with Crippen molar-refractivity contribution in [3.05, 3.63) is 0 Å². The zero-order chi connectivity index (χ0) is 34.6. The first-order valence-corrected chi connectivity index (χ1v) is 15.7. The minimum atomic E-state index is -1.41. The van der Waals surface area contributed by atoms with Crippen LogP contribution in [0.15, 0.2) is 0 Å². The van der Waals surface area contributed by atoms with E-state index < -0.39 is 83.5 Å². The summed E-state index contributed by atoms with van der Waals surface area (Å²) in [5.74, 6) is -5.18. The third-order valence-corrected chi connectivity index (χ3v) is 7.30. The Kier molecular flexibility index (Phi) is 15.5. The Morgan fingerprint density at radius 2 is 1.24 bits per heavy atom. The molecule has 6 amide bonds. The van der Waals surface area contributed by atoms with Crippen LogP contribution in [0.25, 0.3) is 0 Å². The van der Waals surface area contributed by atoms with Gasteiger partial charge in [-0.1, -0.05) is 47.0 Å². The number of ketones is 1. The van der Waals surface area contributed by atoms with E-state index in [0.717, 1.165) is 32.1 Å². The minimum Gasteiger partial charge on any atom is -0.444 e. The van der Waals surface area contributed by atoms with Gasteiger partial charge in [-0.3, -0.25) is 28.8 Å². The van der Waals surface area contributed by atoms with E-state index in [0.29, 0.717) is 0 Å². The molecule has 0 radical (unpaired) electrons. The second kappa shape index (κ2) is 17.7. The highest BCUT2D eigenvalue weighted by Gasteiger charge is 2.35. The van der Waals surface area contributed by atoms with Crippen molar-refractivity contribution in [2.75, 3.05) is 14.1 Å². The molecule has 1 rings (SSSR count). The van der Waals surface area contributed by atoms with Crippen molar-refractivity contribution in [2.45, 2.75) is 130 Å². The SMILES string of the molecule is CC(NC(=O)[C@H](CC(=O)N(C)C)NC(=O)[C@@H](NC(=O)[C@@H](NC(=O)OC(C)(C)C)C(C)C)C(C)C)C(=O)C(=O)NC1CCCCC1. The number of amides is 6. The number of nitrogens with one attached hydrogen (secondary N) is 5. The van der Waals surface area contributed by atoms with Crippen LogP contribution in [0.3, 0.4) is 0 Å². The largest absolute Gasteiger partial charge is 0.444 e. The summed E-state index contributed by atoms with van der Waals surface area (Å²) in [6, 6.07) is -4.91. The molecule has 0 spiro atoms. The van der Waals surface area contributed by atoms with Gasteiger partial charge in [0.2, 0.25) is 29.4 Å². The van der Waals surface area contributed by atoms with Crippen molar-refractivity contribution >= 4 is 41.4 Å². The Labute approximate surface area is 266 Å². The van der Waals surface area contributed by atoms with Crippen LogP contribution in [0.5, 0.6) is 0 Å². The molecule has 14 nitrogen and oxygen atoms in total. The molecule has 0 bridgehead atoms. The highest BCUT2D eigenvalue weighted by molar-refractivity contribution is 6.38. The lowest BCUT2D eigenvalue weighted by Gasteiger charge is -2.29. The van der Waals surface area contributed by atoms with Gasteiger partial charge in [-0.15, -0.1) is 0 Å². The van der Waals surface area contributed by atoms with E-state index >= 15 is 0 Å². The first-order valence-electron chi connectivity index (χ1n) is 15.7. The Bertz CT molecular complexity index is 1080. The van der Waals surface area contributed by atoms with Crippen molar-refractivity contribution in [1.29, 1.82) is 0 Å². The average Bonchev–Trinajstić information content (AvgIpc) is 2.92. The maximum atomic E-state index is 13.5. The average molecular weight is 639 g/mol. The standard InChI is InChI=1S/C31H54N6O8/c1-17(2)23(35-28(42)24(18(3)4)36-30(44)45-31(6,7)8)27(41)34-21(16-22(38)37(9)10)26(40)32-19(5)25(39)29(43)33-20-14-12-11-13-15-20/h17-21,23-24H,11-16H2,1-10H3,(H,32,40)(H,33,43)(H,34,41)(H,35,42)(H,36,44)/t19?,21-,23-,24-/m0/s1. The molecule has 1 fully saturated rings. The summed E-state index contributed by atoms with van der Waals surface area (Å²) >= 11 is 0. The molecule has 0 aliphatic heterocycles. The summed E-state index contributed by atoms with van der Waals surface area (Å²) in [7, 11) is 2.98. The van der Waals surface area contributed by atoms with E-state index in [1.54, 1.807) is 48.5 Å². The Morgan fingerprint density at radius 1 is 0.733 bits per heavy atom. The maximum absolute atomic E-state index is 13.5. The predicted molar refractivity (Wildman–Crippen MR) is 168 cm³/mol. The quantitative estimate of drug-likeness (QED) is 0.175. The monoisotopic (exact) mass is 638 g/mol. The molecule has 256 valence electrons. The Balaban J connectivity index is 3.05. The molecule has 14 heteroatoms. The summed E-state index contributed by atoms with van der Waals surface area (Å²) in [5, 5.41) is 12.9.